The summed E-state index contributed by atoms with van der Waals surface area (Å²) in [4.78, 5) is 46.8. The number of benzene rings is 1. The first-order valence-electron chi connectivity index (χ1n) is 11.3. The Labute approximate surface area is 201 Å². The summed E-state index contributed by atoms with van der Waals surface area (Å²) in [7, 11) is 0. The van der Waals surface area contributed by atoms with Crippen molar-refractivity contribution in [1.82, 2.24) is 35.1 Å². The third kappa shape index (κ3) is 4.94. The number of aromatic amines is 1. The van der Waals surface area contributed by atoms with Gasteiger partial charge in [0.25, 0.3) is 0 Å². The van der Waals surface area contributed by atoms with Gasteiger partial charge >= 0.3 is 6.03 Å². The largest absolute Gasteiger partial charge is 0.370 e. The number of morpholine rings is 1. The van der Waals surface area contributed by atoms with Crippen LogP contribution >= 0.6 is 0 Å². The van der Waals surface area contributed by atoms with Gasteiger partial charge in [-0.2, -0.15) is 0 Å². The molecule has 4 aromatic rings. The van der Waals surface area contributed by atoms with E-state index in [0.717, 1.165) is 27.9 Å². The second-order valence-electron chi connectivity index (χ2n) is 7.97. The van der Waals surface area contributed by atoms with Crippen molar-refractivity contribution in [2.45, 2.75) is 13.5 Å². The van der Waals surface area contributed by atoms with E-state index < -0.39 is 0 Å². The molecule has 0 unspecified atom stereocenters. The smallest absolute Gasteiger partial charge is 0.321 e. The van der Waals surface area contributed by atoms with Gasteiger partial charge < -0.3 is 19.9 Å². The number of rotatable bonds is 6. The van der Waals surface area contributed by atoms with Crippen molar-refractivity contribution in [3.8, 4) is 22.5 Å². The van der Waals surface area contributed by atoms with Crippen LogP contribution in [0.15, 0.2) is 48.9 Å². The number of fused-ring (bicyclic) bond motifs is 1. The summed E-state index contributed by atoms with van der Waals surface area (Å²) in [5.74, 6) is 0.811. The predicted molar refractivity (Wildman–Crippen MR) is 129 cm³/mol. The number of amides is 3. The molecule has 1 aliphatic heterocycles. The van der Waals surface area contributed by atoms with Gasteiger partial charge in [0.15, 0.2) is 5.82 Å². The molecule has 3 aromatic heterocycles. The number of carbonyl (C=O) groups excluding carboxylic acids is 2. The molecule has 35 heavy (non-hydrogen) atoms. The molecule has 1 aromatic carbocycles. The summed E-state index contributed by atoms with van der Waals surface area (Å²) in [6.45, 7) is 4.00. The molecular formula is C24H24N8O3. The maximum absolute atomic E-state index is 12.0. The number of carbonyl (C=O) groups is 2. The van der Waals surface area contributed by atoms with E-state index in [1.54, 1.807) is 29.6 Å². The second-order valence-corrected chi connectivity index (χ2v) is 7.97. The molecule has 1 fully saturated rings. The Hall–Kier alpha value is -4.38. The zero-order valence-electron chi connectivity index (χ0n) is 19.1. The third-order valence-electron chi connectivity index (χ3n) is 5.56. The quantitative estimate of drug-likeness (QED) is 0.392. The fraction of sp³-hybridized carbons (Fsp3) is 0.250. The topological polar surface area (TPSA) is 138 Å². The van der Waals surface area contributed by atoms with Gasteiger partial charge in [-0.3, -0.25) is 15.1 Å². The number of hydrogen-bond donors (Lipinski definition) is 3. The fourth-order valence-electron chi connectivity index (χ4n) is 3.87. The van der Waals surface area contributed by atoms with E-state index in [1.807, 2.05) is 31.2 Å². The summed E-state index contributed by atoms with van der Waals surface area (Å²) in [6.07, 6.45) is 5.12. The number of hydrogen-bond acceptors (Lipinski definition) is 7. The van der Waals surface area contributed by atoms with Crippen LogP contribution in [0.4, 0.5) is 10.7 Å². The van der Waals surface area contributed by atoms with Crippen molar-refractivity contribution in [2.24, 2.45) is 0 Å². The zero-order chi connectivity index (χ0) is 24.2. The molecular weight excluding hydrogens is 448 g/mol. The van der Waals surface area contributed by atoms with Crippen molar-refractivity contribution >= 4 is 28.9 Å². The highest BCUT2D eigenvalue weighted by molar-refractivity contribution is 5.97. The van der Waals surface area contributed by atoms with Gasteiger partial charge in [0.1, 0.15) is 12.1 Å². The van der Waals surface area contributed by atoms with Crippen molar-refractivity contribution < 1.29 is 14.3 Å². The first-order valence-corrected chi connectivity index (χ1v) is 11.3. The van der Waals surface area contributed by atoms with E-state index in [-0.39, 0.29) is 18.5 Å². The van der Waals surface area contributed by atoms with Gasteiger partial charge in [0.2, 0.25) is 11.9 Å². The third-order valence-corrected chi connectivity index (χ3v) is 5.56. The number of imidazole rings is 1. The molecule has 5 rings (SSSR count). The first-order chi connectivity index (χ1) is 17.1. The van der Waals surface area contributed by atoms with Crippen LogP contribution < -0.4 is 10.6 Å². The Morgan fingerprint density at radius 1 is 1.17 bits per heavy atom. The molecule has 0 saturated carbocycles. The lowest BCUT2D eigenvalue weighted by molar-refractivity contribution is -0.143. The number of anilines is 1. The van der Waals surface area contributed by atoms with Gasteiger partial charge in [0.05, 0.1) is 24.4 Å². The lowest BCUT2D eigenvalue weighted by atomic mass is 10.0. The van der Waals surface area contributed by atoms with Crippen molar-refractivity contribution in [3.05, 3.63) is 54.6 Å². The van der Waals surface area contributed by atoms with E-state index in [4.69, 9.17) is 4.74 Å². The lowest BCUT2D eigenvalue weighted by Crippen LogP contribution is -2.41. The van der Waals surface area contributed by atoms with Crippen LogP contribution in [0.2, 0.25) is 0 Å². The molecule has 1 saturated heterocycles. The van der Waals surface area contributed by atoms with Gasteiger partial charge in [-0.15, -0.1) is 0 Å². The summed E-state index contributed by atoms with van der Waals surface area (Å²) >= 11 is 0. The summed E-state index contributed by atoms with van der Waals surface area (Å²) in [6, 6.07) is 9.18. The first kappa shape index (κ1) is 22.4. The average molecular weight is 473 g/mol. The van der Waals surface area contributed by atoms with E-state index in [0.29, 0.717) is 43.5 Å². The van der Waals surface area contributed by atoms with Gasteiger partial charge in [-0.25, -0.2) is 19.7 Å². The Morgan fingerprint density at radius 2 is 2.03 bits per heavy atom. The highest BCUT2D eigenvalue weighted by Gasteiger charge is 2.19. The maximum Gasteiger partial charge on any atom is 0.321 e. The van der Waals surface area contributed by atoms with Gasteiger partial charge in [0, 0.05) is 42.8 Å². The monoisotopic (exact) mass is 472 g/mol. The molecule has 3 N–H and O–H groups in total. The van der Waals surface area contributed by atoms with E-state index >= 15 is 0 Å². The predicted octanol–water partition coefficient (Wildman–Crippen LogP) is 2.58. The van der Waals surface area contributed by atoms with E-state index in [1.165, 1.54) is 0 Å². The molecule has 0 aliphatic carbocycles. The maximum atomic E-state index is 12.0. The molecule has 0 bridgehead atoms. The Morgan fingerprint density at radius 3 is 2.77 bits per heavy atom. The van der Waals surface area contributed by atoms with Crippen LogP contribution in [0.25, 0.3) is 33.5 Å². The van der Waals surface area contributed by atoms with Crippen LogP contribution in [0.3, 0.4) is 0 Å². The molecule has 1 aliphatic rings. The average Bonchev–Trinajstić information content (AvgIpc) is 3.28. The molecule has 0 radical (unpaired) electrons. The molecule has 4 heterocycles. The van der Waals surface area contributed by atoms with Crippen molar-refractivity contribution in [3.63, 3.8) is 0 Å². The van der Waals surface area contributed by atoms with Crippen LogP contribution in [0.5, 0.6) is 0 Å². The minimum Gasteiger partial charge on any atom is -0.370 e. The minimum atomic E-state index is -0.345. The summed E-state index contributed by atoms with van der Waals surface area (Å²) in [5.41, 5.74) is 4.65. The van der Waals surface area contributed by atoms with Crippen LogP contribution in [0.1, 0.15) is 12.6 Å². The molecule has 3 amide bonds. The molecule has 0 spiro atoms. The Bertz CT molecular complexity index is 1350. The van der Waals surface area contributed by atoms with E-state index in [9.17, 15) is 9.59 Å². The Balaban J connectivity index is 1.48. The highest BCUT2D eigenvalue weighted by Crippen LogP contribution is 2.32. The molecule has 11 nitrogen and oxygen atoms in total. The normalized spacial score (nSPS) is 13.7. The van der Waals surface area contributed by atoms with Gasteiger partial charge in [-0.05, 0) is 36.8 Å². The molecule has 0 atom stereocenters. The summed E-state index contributed by atoms with van der Waals surface area (Å²) < 4.78 is 5.19. The molecule has 178 valence electrons. The van der Waals surface area contributed by atoms with Crippen molar-refractivity contribution in [1.29, 1.82) is 0 Å². The van der Waals surface area contributed by atoms with Crippen LogP contribution in [0, 0.1) is 0 Å². The Kier molecular flexibility index (Phi) is 6.31. The number of H-pyrrole nitrogens is 1. The zero-order valence-corrected chi connectivity index (χ0v) is 19.1. The number of aromatic nitrogens is 5. The number of urea groups is 1. The lowest BCUT2D eigenvalue weighted by Gasteiger charge is -2.26. The SMILES string of the molecule is CCNC(=O)Nc1nc2c(-c3ncccn3)cc(-c3ccc(CN4CCOCC4=O)nc3)cc2[nH]1. The second kappa shape index (κ2) is 9.85. The number of ether oxygens (including phenoxy) is 1. The number of pyridine rings is 1. The van der Waals surface area contributed by atoms with Crippen LogP contribution in [-0.4, -0.2) is 68.1 Å². The minimum absolute atomic E-state index is 0.0311. The van der Waals surface area contributed by atoms with Crippen molar-refractivity contribution in [2.75, 3.05) is 31.6 Å². The molecule has 11 heteroatoms. The van der Waals surface area contributed by atoms with E-state index in [2.05, 4.69) is 35.6 Å². The number of nitrogens with zero attached hydrogens (tertiary/aromatic N) is 5. The summed E-state index contributed by atoms with van der Waals surface area (Å²) in [5, 5.41) is 5.39. The highest BCUT2D eigenvalue weighted by atomic mass is 16.5. The van der Waals surface area contributed by atoms with Gasteiger partial charge in [-0.1, -0.05) is 6.07 Å². The van der Waals surface area contributed by atoms with Crippen LogP contribution in [-0.2, 0) is 16.1 Å². The standard InChI is InChI=1S/C24H24N8O3/c1-2-25-24(34)31-23-29-19-11-16(10-18(21(19)30-23)22-26-6-3-7-27-22)15-4-5-17(28-12-15)13-32-8-9-35-14-20(32)33/h3-7,10-12H,2,8-9,13-14H2,1H3,(H3,25,29,30,31,34). The fourth-order valence-corrected chi connectivity index (χ4v) is 3.87. The number of nitrogens with one attached hydrogen (secondary N) is 3.